The number of hydrogen-bond donors (Lipinski definition) is 0. The van der Waals surface area contributed by atoms with E-state index in [2.05, 4.69) is 10.1 Å². The molecule has 2 aromatic heterocycles. The van der Waals surface area contributed by atoms with E-state index in [4.69, 9.17) is 4.74 Å². The van der Waals surface area contributed by atoms with Crippen molar-refractivity contribution >= 4 is 11.6 Å². The summed E-state index contributed by atoms with van der Waals surface area (Å²) in [5, 5.41) is 4.07. The number of nitrogens with zero attached hydrogens (tertiary/aromatic N) is 4. The number of pyridine rings is 1. The molecule has 2 unspecified atom stereocenters. The third-order valence-corrected chi connectivity index (χ3v) is 5.29. The average molecular weight is 398 g/mol. The molecule has 3 heterocycles. The molecular formula is C21H20F2N4O2. The van der Waals surface area contributed by atoms with Gasteiger partial charge in [0.25, 0.3) is 12.3 Å². The van der Waals surface area contributed by atoms with Crippen LogP contribution in [0.15, 0.2) is 55.0 Å². The minimum Gasteiger partial charge on any atom is -0.379 e. The van der Waals surface area contributed by atoms with Crippen LogP contribution >= 0.6 is 0 Å². The highest BCUT2D eigenvalue weighted by atomic mass is 19.3. The molecule has 1 aliphatic rings. The first-order valence-corrected chi connectivity index (χ1v) is 9.23. The van der Waals surface area contributed by atoms with Crippen molar-refractivity contribution in [2.45, 2.75) is 31.9 Å². The Morgan fingerprint density at radius 3 is 2.62 bits per heavy atom. The molecule has 0 aliphatic carbocycles. The zero-order valence-electron chi connectivity index (χ0n) is 16.0. The smallest absolute Gasteiger partial charge is 0.281 e. The van der Waals surface area contributed by atoms with Crippen LogP contribution in [0.5, 0.6) is 0 Å². The summed E-state index contributed by atoms with van der Waals surface area (Å²) in [5.41, 5.74) is 1.48. The molecule has 150 valence electrons. The topological polar surface area (TPSA) is 60.2 Å². The van der Waals surface area contributed by atoms with Crippen LogP contribution in [-0.2, 0) is 11.2 Å². The Kier molecular flexibility index (Phi) is 5.10. The number of halogens is 2. The van der Waals surface area contributed by atoms with E-state index in [1.807, 2.05) is 31.2 Å². The number of anilines is 1. The van der Waals surface area contributed by atoms with E-state index < -0.39 is 18.0 Å². The molecule has 0 saturated carbocycles. The van der Waals surface area contributed by atoms with Gasteiger partial charge in [-0.25, -0.2) is 13.5 Å². The summed E-state index contributed by atoms with van der Waals surface area (Å²) in [7, 11) is 1.59. The fourth-order valence-corrected chi connectivity index (χ4v) is 3.82. The summed E-state index contributed by atoms with van der Waals surface area (Å²) in [6, 6.07) is 10.3. The van der Waals surface area contributed by atoms with Gasteiger partial charge in [0, 0.05) is 31.6 Å². The van der Waals surface area contributed by atoms with Crippen LogP contribution < -0.4 is 4.90 Å². The lowest BCUT2D eigenvalue weighted by Gasteiger charge is -2.39. The van der Waals surface area contributed by atoms with Gasteiger partial charge in [-0.15, -0.1) is 0 Å². The lowest BCUT2D eigenvalue weighted by atomic mass is 9.93. The van der Waals surface area contributed by atoms with Crippen molar-refractivity contribution in [3.63, 3.8) is 0 Å². The van der Waals surface area contributed by atoms with Crippen LogP contribution in [0.3, 0.4) is 0 Å². The third kappa shape index (κ3) is 3.29. The molecule has 1 amide bonds. The number of benzene rings is 1. The minimum atomic E-state index is -2.88. The van der Waals surface area contributed by atoms with E-state index in [9.17, 15) is 13.6 Å². The predicted molar refractivity (Wildman–Crippen MR) is 104 cm³/mol. The second kappa shape index (κ2) is 7.71. The predicted octanol–water partition coefficient (Wildman–Crippen LogP) is 3.81. The van der Waals surface area contributed by atoms with E-state index in [0.29, 0.717) is 17.8 Å². The van der Waals surface area contributed by atoms with E-state index in [1.54, 1.807) is 19.2 Å². The monoisotopic (exact) mass is 398 g/mol. The number of aromatic nitrogens is 3. The lowest BCUT2D eigenvalue weighted by Crippen LogP contribution is -2.50. The maximum Gasteiger partial charge on any atom is 0.281 e. The Balaban J connectivity index is 1.82. The van der Waals surface area contributed by atoms with Crippen LogP contribution in [0.4, 0.5) is 14.5 Å². The van der Waals surface area contributed by atoms with E-state index in [1.165, 1.54) is 23.5 Å². The summed E-state index contributed by atoms with van der Waals surface area (Å²) in [6.07, 6.45) is 1.71. The van der Waals surface area contributed by atoms with Crippen molar-refractivity contribution in [2.24, 2.45) is 0 Å². The first-order chi connectivity index (χ1) is 14.0. The van der Waals surface area contributed by atoms with Gasteiger partial charge >= 0.3 is 0 Å². The minimum absolute atomic E-state index is 0.129. The number of methoxy groups -OCH3 is 1. The van der Waals surface area contributed by atoms with Gasteiger partial charge in [0.2, 0.25) is 0 Å². The molecule has 0 N–H and O–H groups in total. The number of amides is 1. The Labute approximate surface area is 166 Å². The van der Waals surface area contributed by atoms with E-state index >= 15 is 0 Å². The second-order valence-corrected chi connectivity index (χ2v) is 6.88. The Morgan fingerprint density at radius 2 is 1.93 bits per heavy atom. The number of carbonyl (C=O) groups is 1. The van der Waals surface area contributed by atoms with Crippen molar-refractivity contribution in [1.82, 2.24) is 14.8 Å². The fourth-order valence-electron chi connectivity index (χ4n) is 3.82. The van der Waals surface area contributed by atoms with Gasteiger partial charge in [0.05, 0.1) is 29.6 Å². The molecule has 2 atom stereocenters. The van der Waals surface area contributed by atoms with Crippen LogP contribution in [0.2, 0.25) is 0 Å². The fraction of sp³-hybridized carbons (Fsp3) is 0.286. The Bertz CT molecular complexity index is 1020. The summed E-state index contributed by atoms with van der Waals surface area (Å²) in [6.45, 7) is 1.86. The van der Waals surface area contributed by atoms with Crippen molar-refractivity contribution < 1.29 is 18.3 Å². The second-order valence-electron chi connectivity index (χ2n) is 6.88. The maximum absolute atomic E-state index is 14.0. The molecule has 8 heteroatoms. The number of alkyl halides is 2. The van der Waals surface area contributed by atoms with Crippen molar-refractivity contribution in [2.75, 3.05) is 12.0 Å². The number of hydrogen-bond acceptors (Lipinski definition) is 4. The number of ether oxygens (including phenoxy) is 1. The quantitative estimate of drug-likeness (QED) is 0.671. The molecule has 6 nitrogen and oxygen atoms in total. The van der Waals surface area contributed by atoms with Crippen LogP contribution in [0, 0.1) is 0 Å². The molecule has 0 fully saturated rings. The summed E-state index contributed by atoms with van der Waals surface area (Å²) >= 11 is 0. The highest BCUT2D eigenvalue weighted by molar-refractivity contribution is 6.08. The van der Waals surface area contributed by atoms with Crippen molar-refractivity contribution in [1.29, 1.82) is 0 Å². The molecule has 4 rings (SSSR count). The average Bonchev–Trinajstić information content (AvgIpc) is 3.19. The van der Waals surface area contributed by atoms with Crippen LogP contribution in [0.25, 0.3) is 5.69 Å². The highest BCUT2D eigenvalue weighted by Gasteiger charge is 2.38. The maximum atomic E-state index is 14.0. The first kappa shape index (κ1) is 19.2. The van der Waals surface area contributed by atoms with Crippen LogP contribution in [0.1, 0.15) is 35.0 Å². The number of rotatable bonds is 4. The van der Waals surface area contributed by atoms with Gasteiger partial charge in [-0.3, -0.25) is 9.78 Å². The molecular weight excluding hydrogens is 378 g/mol. The Hall–Kier alpha value is -3.13. The van der Waals surface area contributed by atoms with Gasteiger partial charge in [-0.2, -0.15) is 5.10 Å². The Morgan fingerprint density at radius 1 is 1.21 bits per heavy atom. The lowest BCUT2D eigenvalue weighted by molar-refractivity contribution is 0.0698. The molecule has 1 aliphatic heterocycles. The first-order valence-electron chi connectivity index (χ1n) is 9.23. The van der Waals surface area contributed by atoms with Gasteiger partial charge < -0.3 is 9.64 Å². The highest BCUT2D eigenvalue weighted by Crippen LogP contribution is 2.35. The van der Waals surface area contributed by atoms with E-state index in [-0.39, 0.29) is 17.7 Å². The largest absolute Gasteiger partial charge is 0.379 e. The van der Waals surface area contributed by atoms with Gasteiger partial charge in [0.15, 0.2) is 0 Å². The number of para-hydroxylation sites is 1. The normalized spacial score (nSPS) is 18.7. The van der Waals surface area contributed by atoms with Crippen LogP contribution in [-0.4, -0.2) is 39.9 Å². The SMILES string of the molecule is COC1Cc2ccccc2N(C(=O)c2cnn(-c3ccncc3)c2C(F)F)C1C. The van der Waals surface area contributed by atoms with Crippen molar-refractivity contribution in [3.8, 4) is 5.69 Å². The number of fused-ring (bicyclic) bond motifs is 1. The standard InChI is InChI=1S/C21H20F2N4O2/c1-13-18(29-2)11-14-5-3-4-6-17(14)26(13)21(28)16-12-25-27(19(16)20(22)23)15-7-9-24-10-8-15/h3-10,12-13,18,20H,11H2,1-2H3. The molecule has 0 spiro atoms. The molecule has 1 aromatic carbocycles. The number of carbonyl (C=O) groups excluding carboxylic acids is 1. The molecule has 29 heavy (non-hydrogen) atoms. The summed E-state index contributed by atoms with van der Waals surface area (Å²) < 4.78 is 34.6. The van der Waals surface area contributed by atoms with Gasteiger partial charge in [-0.1, -0.05) is 18.2 Å². The zero-order chi connectivity index (χ0) is 20.5. The van der Waals surface area contributed by atoms with E-state index in [0.717, 1.165) is 10.2 Å². The van der Waals surface area contributed by atoms with Gasteiger partial charge in [0.1, 0.15) is 5.69 Å². The van der Waals surface area contributed by atoms with Crippen molar-refractivity contribution in [3.05, 3.63) is 71.8 Å². The van der Waals surface area contributed by atoms with Gasteiger partial charge in [-0.05, 0) is 30.7 Å². The summed E-state index contributed by atoms with van der Waals surface area (Å²) in [5.74, 6) is -0.526. The molecule has 0 radical (unpaired) electrons. The summed E-state index contributed by atoms with van der Waals surface area (Å²) in [4.78, 5) is 18.9. The zero-order valence-corrected chi connectivity index (χ0v) is 16.0. The third-order valence-electron chi connectivity index (χ3n) is 5.29. The molecule has 0 saturated heterocycles. The molecule has 3 aromatic rings. The molecule has 0 bridgehead atoms.